The Morgan fingerprint density at radius 1 is 1.57 bits per heavy atom. The molecule has 0 aromatic carbocycles. The molecule has 0 fully saturated rings. The Hall–Kier alpha value is -1.06. The lowest BCUT2D eigenvalue weighted by atomic mass is 10.1. The van der Waals surface area contributed by atoms with Gasteiger partial charge in [0.25, 0.3) is 0 Å². The molecule has 0 aliphatic rings. The summed E-state index contributed by atoms with van der Waals surface area (Å²) in [7, 11) is 0. The first kappa shape index (κ1) is 9.49. The molecule has 1 unspecified atom stereocenters. The summed E-state index contributed by atoms with van der Waals surface area (Å²) in [6.07, 6.45) is 2.45. The van der Waals surface area contributed by atoms with Crippen molar-refractivity contribution in [2.75, 3.05) is 0 Å². The van der Waals surface area contributed by atoms with E-state index >= 15 is 0 Å². The standard InChI is InChI=1S/C11H13NOS/c1-8-5-9(7-14-8)11(12)6-10-3-2-4-13-10/h2-5,7,11H,6,12H2,1H3. The Labute approximate surface area is 87.4 Å². The normalized spacial score (nSPS) is 13.0. The summed E-state index contributed by atoms with van der Waals surface area (Å²) < 4.78 is 5.26. The minimum atomic E-state index is 0.0473. The van der Waals surface area contributed by atoms with Crippen LogP contribution in [0.1, 0.15) is 22.2 Å². The van der Waals surface area contributed by atoms with E-state index in [1.165, 1.54) is 10.4 Å². The van der Waals surface area contributed by atoms with E-state index in [-0.39, 0.29) is 6.04 Å². The second-order valence-corrected chi connectivity index (χ2v) is 4.50. The van der Waals surface area contributed by atoms with Crippen molar-refractivity contribution in [1.82, 2.24) is 0 Å². The van der Waals surface area contributed by atoms with Gasteiger partial charge in [-0.1, -0.05) is 0 Å². The van der Waals surface area contributed by atoms with E-state index in [9.17, 15) is 0 Å². The molecule has 2 nitrogen and oxygen atoms in total. The van der Waals surface area contributed by atoms with Gasteiger partial charge in [-0.15, -0.1) is 11.3 Å². The third kappa shape index (κ3) is 2.05. The van der Waals surface area contributed by atoms with Crippen LogP contribution in [-0.4, -0.2) is 0 Å². The molecule has 2 aromatic rings. The maximum atomic E-state index is 6.05. The molecule has 14 heavy (non-hydrogen) atoms. The van der Waals surface area contributed by atoms with Crippen LogP contribution in [-0.2, 0) is 6.42 Å². The van der Waals surface area contributed by atoms with Crippen LogP contribution in [0.15, 0.2) is 34.3 Å². The molecule has 0 aliphatic heterocycles. The zero-order valence-corrected chi connectivity index (χ0v) is 8.88. The van der Waals surface area contributed by atoms with Gasteiger partial charge in [0.15, 0.2) is 0 Å². The molecule has 2 heterocycles. The predicted molar refractivity (Wildman–Crippen MR) is 58.4 cm³/mol. The zero-order valence-electron chi connectivity index (χ0n) is 8.07. The first-order valence-corrected chi connectivity index (χ1v) is 5.46. The van der Waals surface area contributed by atoms with Crippen molar-refractivity contribution in [1.29, 1.82) is 0 Å². The van der Waals surface area contributed by atoms with Gasteiger partial charge in [-0.05, 0) is 36.1 Å². The molecule has 0 bridgehead atoms. The molecule has 1 atom stereocenters. The van der Waals surface area contributed by atoms with Crippen molar-refractivity contribution < 1.29 is 4.42 Å². The first-order chi connectivity index (χ1) is 6.75. The Bertz CT molecular complexity index is 391. The largest absolute Gasteiger partial charge is 0.469 e. The highest BCUT2D eigenvalue weighted by molar-refractivity contribution is 7.10. The molecule has 2 rings (SSSR count). The summed E-state index contributed by atoms with van der Waals surface area (Å²) in [4.78, 5) is 1.30. The zero-order chi connectivity index (χ0) is 9.97. The number of rotatable bonds is 3. The lowest BCUT2D eigenvalue weighted by molar-refractivity contribution is 0.489. The number of hydrogen-bond donors (Lipinski definition) is 1. The van der Waals surface area contributed by atoms with Gasteiger partial charge in [-0.2, -0.15) is 0 Å². The molecule has 0 saturated heterocycles. The number of nitrogens with two attached hydrogens (primary N) is 1. The fourth-order valence-corrected chi connectivity index (χ4v) is 2.19. The molecule has 2 aromatic heterocycles. The van der Waals surface area contributed by atoms with Gasteiger partial charge in [-0.25, -0.2) is 0 Å². The van der Waals surface area contributed by atoms with E-state index in [0.29, 0.717) is 0 Å². The quantitative estimate of drug-likeness (QED) is 0.840. The van der Waals surface area contributed by atoms with Crippen molar-refractivity contribution in [2.24, 2.45) is 5.73 Å². The van der Waals surface area contributed by atoms with Gasteiger partial charge < -0.3 is 10.2 Å². The monoisotopic (exact) mass is 207 g/mol. The van der Waals surface area contributed by atoms with Crippen LogP contribution in [0.4, 0.5) is 0 Å². The average Bonchev–Trinajstić information content (AvgIpc) is 2.75. The van der Waals surface area contributed by atoms with Crippen LogP contribution in [0.3, 0.4) is 0 Å². The Morgan fingerprint density at radius 2 is 2.43 bits per heavy atom. The second kappa shape index (κ2) is 3.98. The fraction of sp³-hybridized carbons (Fsp3) is 0.273. The van der Waals surface area contributed by atoms with Gasteiger partial charge in [0.2, 0.25) is 0 Å². The van der Waals surface area contributed by atoms with E-state index in [2.05, 4.69) is 18.4 Å². The third-order valence-electron chi connectivity index (χ3n) is 2.18. The van der Waals surface area contributed by atoms with Crippen molar-refractivity contribution in [3.8, 4) is 0 Å². The minimum Gasteiger partial charge on any atom is -0.469 e. The van der Waals surface area contributed by atoms with Crippen LogP contribution in [0.25, 0.3) is 0 Å². The van der Waals surface area contributed by atoms with Crippen LogP contribution in [0.5, 0.6) is 0 Å². The second-order valence-electron chi connectivity index (χ2n) is 3.38. The van der Waals surface area contributed by atoms with Gasteiger partial charge in [0, 0.05) is 17.3 Å². The van der Waals surface area contributed by atoms with E-state index in [1.54, 1.807) is 17.6 Å². The highest BCUT2D eigenvalue weighted by Crippen LogP contribution is 2.21. The summed E-state index contributed by atoms with van der Waals surface area (Å²) in [5.74, 6) is 0.946. The summed E-state index contributed by atoms with van der Waals surface area (Å²) in [6.45, 7) is 2.09. The molecule has 0 amide bonds. The van der Waals surface area contributed by atoms with Gasteiger partial charge in [0.05, 0.1) is 6.26 Å². The van der Waals surface area contributed by atoms with Crippen molar-refractivity contribution >= 4 is 11.3 Å². The molecule has 3 heteroatoms. The topological polar surface area (TPSA) is 39.2 Å². The van der Waals surface area contributed by atoms with Gasteiger partial charge in [-0.3, -0.25) is 0 Å². The molecule has 0 saturated carbocycles. The summed E-state index contributed by atoms with van der Waals surface area (Å²) in [5.41, 5.74) is 7.24. The first-order valence-electron chi connectivity index (χ1n) is 4.58. The number of thiophene rings is 1. The smallest absolute Gasteiger partial charge is 0.105 e. The van der Waals surface area contributed by atoms with Gasteiger partial charge >= 0.3 is 0 Å². The summed E-state index contributed by atoms with van der Waals surface area (Å²) in [6, 6.07) is 6.03. The SMILES string of the molecule is Cc1cc(C(N)Cc2ccco2)cs1. The lowest BCUT2D eigenvalue weighted by Gasteiger charge is -2.06. The van der Waals surface area contributed by atoms with E-state index in [0.717, 1.165) is 12.2 Å². The molecule has 2 N–H and O–H groups in total. The molecule has 0 aliphatic carbocycles. The molecular weight excluding hydrogens is 194 g/mol. The predicted octanol–water partition coefficient (Wildman–Crippen LogP) is 2.89. The molecule has 74 valence electrons. The highest BCUT2D eigenvalue weighted by atomic mass is 32.1. The summed E-state index contributed by atoms with van der Waals surface area (Å²) in [5, 5.41) is 2.11. The molecule has 0 spiro atoms. The molecule has 0 radical (unpaired) electrons. The number of furan rings is 1. The number of aryl methyl sites for hydroxylation is 1. The van der Waals surface area contributed by atoms with E-state index in [1.807, 2.05) is 12.1 Å². The Balaban J connectivity index is 2.06. The average molecular weight is 207 g/mol. The maximum Gasteiger partial charge on any atom is 0.105 e. The van der Waals surface area contributed by atoms with Crippen molar-refractivity contribution in [2.45, 2.75) is 19.4 Å². The van der Waals surface area contributed by atoms with Crippen molar-refractivity contribution in [3.05, 3.63) is 46.0 Å². The van der Waals surface area contributed by atoms with Crippen LogP contribution >= 0.6 is 11.3 Å². The van der Waals surface area contributed by atoms with Crippen LogP contribution in [0, 0.1) is 6.92 Å². The van der Waals surface area contributed by atoms with Gasteiger partial charge in [0.1, 0.15) is 5.76 Å². The Kier molecular flexibility index (Phi) is 2.70. The number of hydrogen-bond acceptors (Lipinski definition) is 3. The Morgan fingerprint density at radius 3 is 3.00 bits per heavy atom. The minimum absolute atomic E-state index is 0.0473. The lowest BCUT2D eigenvalue weighted by Crippen LogP contribution is -2.11. The fourth-order valence-electron chi connectivity index (χ4n) is 1.42. The third-order valence-corrected chi connectivity index (χ3v) is 3.06. The van der Waals surface area contributed by atoms with E-state index < -0.39 is 0 Å². The van der Waals surface area contributed by atoms with E-state index in [4.69, 9.17) is 10.2 Å². The summed E-state index contributed by atoms with van der Waals surface area (Å²) >= 11 is 1.73. The highest BCUT2D eigenvalue weighted by Gasteiger charge is 2.09. The van der Waals surface area contributed by atoms with Crippen LogP contribution in [0.2, 0.25) is 0 Å². The van der Waals surface area contributed by atoms with Crippen LogP contribution < -0.4 is 5.73 Å². The molecular formula is C11H13NOS. The van der Waals surface area contributed by atoms with Crippen molar-refractivity contribution in [3.63, 3.8) is 0 Å². The maximum absolute atomic E-state index is 6.05.